The zero-order valence-electron chi connectivity index (χ0n) is 23.6. The molecule has 3 aliphatic rings. The van der Waals surface area contributed by atoms with E-state index in [-0.39, 0.29) is 23.3 Å². The zero-order chi connectivity index (χ0) is 29.6. The van der Waals surface area contributed by atoms with E-state index in [9.17, 15) is 23.4 Å². The summed E-state index contributed by atoms with van der Waals surface area (Å²) >= 11 is 6.35. The quantitative estimate of drug-likeness (QED) is 0.366. The van der Waals surface area contributed by atoms with Crippen LogP contribution in [0.25, 0.3) is 0 Å². The number of nitrogens with two attached hydrogens (primary N) is 1. The van der Waals surface area contributed by atoms with Crippen LogP contribution in [0.2, 0.25) is 5.02 Å². The number of anilines is 1. The third-order valence-corrected chi connectivity index (χ3v) is 11.3. The number of aliphatic hydroxyl groups is 1. The molecular formula is C31H39ClN2O6S. The molecule has 0 radical (unpaired) electrons. The fraction of sp³-hybridized carbons (Fsp3) is 0.516. The number of aliphatic hydroxyl groups excluding tert-OH is 1. The highest BCUT2D eigenvalue weighted by Gasteiger charge is 2.49. The summed E-state index contributed by atoms with van der Waals surface area (Å²) in [6, 6.07) is 11.1. The maximum absolute atomic E-state index is 11.9. The molecule has 0 bridgehead atoms. The predicted molar refractivity (Wildman–Crippen MR) is 160 cm³/mol. The van der Waals surface area contributed by atoms with Gasteiger partial charge in [0.2, 0.25) is 10.0 Å². The van der Waals surface area contributed by atoms with E-state index in [1.54, 1.807) is 37.3 Å². The molecule has 2 aromatic rings. The molecule has 10 heteroatoms. The summed E-state index contributed by atoms with van der Waals surface area (Å²) in [6.07, 6.45) is 7.51. The molecule has 0 aromatic heterocycles. The smallest absolute Gasteiger partial charge is 0.335 e. The molecule has 1 heterocycles. The molecule has 1 spiro atoms. The lowest BCUT2D eigenvalue weighted by atomic mass is 9.58. The van der Waals surface area contributed by atoms with Crippen molar-refractivity contribution in [3.8, 4) is 5.75 Å². The molecule has 1 fully saturated rings. The number of hydrogen-bond donors (Lipinski definition) is 3. The highest BCUT2D eigenvalue weighted by atomic mass is 35.5. The topological polar surface area (TPSA) is 130 Å². The number of benzene rings is 2. The van der Waals surface area contributed by atoms with Crippen LogP contribution in [0.1, 0.15) is 67.4 Å². The van der Waals surface area contributed by atoms with Crippen molar-refractivity contribution in [1.82, 2.24) is 0 Å². The first-order chi connectivity index (χ1) is 19.3. The van der Waals surface area contributed by atoms with Crippen molar-refractivity contribution < 1.29 is 28.2 Å². The first-order valence-electron chi connectivity index (χ1n) is 14.2. The Labute approximate surface area is 247 Å². The van der Waals surface area contributed by atoms with Gasteiger partial charge in [0.25, 0.3) is 0 Å². The molecule has 0 saturated heterocycles. The molecule has 1 unspecified atom stereocenters. The van der Waals surface area contributed by atoms with Gasteiger partial charge in [0, 0.05) is 28.9 Å². The van der Waals surface area contributed by atoms with Crippen molar-refractivity contribution in [2.75, 3.05) is 24.6 Å². The van der Waals surface area contributed by atoms with Crippen LogP contribution < -0.4 is 14.8 Å². The van der Waals surface area contributed by atoms with Gasteiger partial charge in [-0.3, -0.25) is 0 Å². The fourth-order valence-electron chi connectivity index (χ4n) is 6.76. The molecule has 5 rings (SSSR count). The standard InChI is InChI=1S/C31H39ClN2O6S/c1-20(41(33,38)39)5-3-7-28(35)30(2)14-12-23(30)17-34-18-31(13-4-6-21-15-24(32)9-10-25(21)31)19-40-27-11-8-22(29(36)37)16-26(27)34/h3,7-11,15-16,20,23,28,35H,4-6,12-14,17-19H2,1-2H3,(H,36,37)(H2,33,38,39)/b7-3+/t20-,23-,28-,30+,31?/m1/s1. The number of carboxylic acids is 1. The molecule has 1 aliphatic heterocycles. The van der Waals surface area contributed by atoms with E-state index in [1.165, 1.54) is 11.1 Å². The zero-order valence-corrected chi connectivity index (χ0v) is 25.1. The number of aryl methyl sites for hydroxylation is 1. The Bertz CT molecular complexity index is 1460. The molecule has 8 nitrogen and oxygen atoms in total. The van der Waals surface area contributed by atoms with Crippen LogP contribution >= 0.6 is 11.6 Å². The Balaban J connectivity index is 1.45. The van der Waals surface area contributed by atoms with E-state index in [0.29, 0.717) is 30.5 Å². The number of fused-ring (bicyclic) bond motifs is 3. The Morgan fingerprint density at radius 3 is 2.73 bits per heavy atom. The van der Waals surface area contributed by atoms with Gasteiger partial charge in [0.1, 0.15) is 5.75 Å². The largest absolute Gasteiger partial charge is 0.490 e. The number of rotatable bonds is 8. The van der Waals surface area contributed by atoms with Crippen molar-refractivity contribution in [1.29, 1.82) is 0 Å². The molecule has 0 amide bonds. The third kappa shape index (κ3) is 5.87. The maximum atomic E-state index is 11.9. The average Bonchev–Trinajstić information content (AvgIpc) is 3.06. The molecule has 41 heavy (non-hydrogen) atoms. The minimum atomic E-state index is -3.64. The number of hydrogen-bond acceptors (Lipinski definition) is 6. The normalized spacial score (nSPS) is 27.3. The Hall–Kier alpha value is -2.59. The second kappa shape index (κ2) is 11.2. The van der Waals surface area contributed by atoms with Crippen molar-refractivity contribution >= 4 is 33.3 Å². The number of carboxylic acid groups (broad SMARTS) is 1. The van der Waals surface area contributed by atoms with Crippen LogP contribution in [-0.2, 0) is 21.9 Å². The van der Waals surface area contributed by atoms with Crippen molar-refractivity contribution in [2.24, 2.45) is 16.5 Å². The summed E-state index contributed by atoms with van der Waals surface area (Å²) in [7, 11) is -3.64. The number of nitrogens with zero attached hydrogens (tertiary/aromatic N) is 1. The van der Waals surface area contributed by atoms with Gasteiger partial charge in [0.05, 0.1) is 29.2 Å². The van der Waals surface area contributed by atoms with Gasteiger partial charge >= 0.3 is 5.97 Å². The van der Waals surface area contributed by atoms with Crippen molar-refractivity contribution in [3.63, 3.8) is 0 Å². The van der Waals surface area contributed by atoms with E-state index >= 15 is 0 Å². The number of carbonyl (C=O) groups is 1. The minimum absolute atomic E-state index is 0.127. The van der Waals surface area contributed by atoms with Crippen LogP contribution in [0.4, 0.5) is 5.69 Å². The van der Waals surface area contributed by atoms with Crippen LogP contribution in [0, 0.1) is 11.3 Å². The number of aromatic carboxylic acids is 1. The number of ether oxygens (including phenoxy) is 1. The lowest BCUT2D eigenvalue weighted by Gasteiger charge is -2.52. The Morgan fingerprint density at radius 1 is 1.27 bits per heavy atom. The molecule has 2 aromatic carbocycles. The van der Waals surface area contributed by atoms with Gasteiger partial charge in [-0.25, -0.2) is 18.4 Å². The second-order valence-corrected chi connectivity index (χ2v) is 14.8. The number of halogens is 1. The van der Waals surface area contributed by atoms with Gasteiger partial charge in [0.15, 0.2) is 0 Å². The Kier molecular flexibility index (Phi) is 8.20. The van der Waals surface area contributed by atoms with Crippen LogP contribution in [0.15, 0.2) is 48.6 Å². The average molecular weight is 603 g/mol. The minimum Gasteiger partial charge on any atom is -0.490 e. The Morgan fingerprint density at radius 2 is 2.05 bits per heavy atom. The summed E-state index contributed by atoms with van der Waals surface area (Å²) in [5.74, 6) is -0.207. The molecule has 222 valence electrons. The first-order valence-corrected chi connectivity index (χ1v) is 16.2. The van der Waals surface area contributed by atoms with Crippen molar-refractivity contribution in [3.05, 3.63) is 70.3 Å². The monoisotopic (exact) mass is 602 g/mol. The molecule has 5 atom stereocenters. The summed E-state index contributed by atoms with van der Waals surface area (Å²) in [4.78, 5) is 14.2. The molecule has 1 saturated carbocycles. The first kappa shape index (κ1) is 29.9. The van der Waals surface area contributed by atoms with Gasteiger partial charge in [-0.2, -0.15) is 0 Å². The lowest BCUT2D eigenvalue weighted by Crippen LogP contribution is -2.53. The van der Waals surface area contributed by atoms with E-state index in [2.05, 4.69) is 17.9 Å². The number of allylic oxidation sites excluding steroid dienone is 1. The van der Waals surface area contributed by atoms with Crippen LogP contribution in [0.5, 0.6) is 5.75 Å². The molecule has 2 aliphatic carbocycles. The summed E-state index contributed by atoms with van der Waals surface area (Å²) in [5, 5.41) is 26.2. The fourth-order valence-corrected chi connectivity index (χ4v) is 7.33. The predicted octanol–water partition coefficient (Wildman–Crippen LogP) is 4.91. The molecule has 4 N–H and O–H groups in total. The second-order valence-electron chi connectivity index (χ2n) is 12.3. The van der Waals surface area contributed by atoms with E-state index < -0.39 is 32.8 Å². The summed E-state index contributed by atoms with van der Waals surface area (Å²) in [5.41, 5.74) is 2.71. The third-order valence-electron chi connectivity index (χ3n) is 9.71. The molecular weight excluding hydrogens is 564 g/mol. The maximum Gasteiger partial charge on any atom is 0.335 e. The van der Waals surface area contributed by atoms with E-state index in [0.717, 1.165) is 37.8 Å². The number of sulfonamides is 1. The van der Waals surface area contributed by atoms with Gasteiger partial charge < -0.3 is 19.8 Å². The van der Waals surface area contributed by atoms with E-state index in [4.69, 9.17) is 21.5 Å². The summed E-state index contributed by atoms with van der Waals surface area (Å²) in [6.45, 7) is 5.38. The lowest BCUT2D eigenvalue weighted by molar-refractivity contribution is -0.0469. The van der Waals surface area contributed by atoms with Gasteiger partial charge in [-0.1, -0.05) is 36.7 Å². The number of primary sulfonamides is 1. The highest BCUT2D eigenvalue weighted by Crippen LogP contribution is 2.52. The SMILES string of the molecule is C[C@H](C/C=C/[C@@H](O)[C@@]1(C)CC[C@@H]1CN1CC2(CCCc3cc(Cl)ccc32)COc2ccc(C(=O)O)cc21)S(N)(=O)=O. The summed E-state index contributed by atoms with van der Waals surface area (Å²) < 4.78 is 29.6. The van der Waals surface area contributed by atoms with Crippen LogP contribution in [-0.4, -0.2) is 55.7 Å². The highest BCUT2D eigenvalue weighted by molar-refractivity contribution is 7.89. The van der Waals surface area contributed by atoms with Gasteiger partial charge in [-0.15, -0.1) is 0 Å². The van der Waals surface area contributed by atoms with Gasteiger partial charge in [-0.05, 0) is 92.8 Å². The van der Waals surface area contributed by atoms with Crippen LogP contribution in [0.3, 0.4) is 0 Å². The van der Waals surface area contributed by atoms with Crippen molar-refractivity contribution in [2.45, 2.75) is 69.1 Å². The van der Waals surface area contributed by atoms with E-state index in [1.807, 2.05) is 12.1 Å².